The maximum atomic E-state index is 13.0. The molecule has 2 aromatic rings. The summed E-state index contributed by atoms with van der Waals surface area (Å²) in [5.74, 6) is 0.444. The van der Waals surface area contributed by atoms with E-state index in [-0.39, 0.29) is 16.3 Å². The molecule has 1 aliphatic heterocycles. The van der Waals surface area contributed by atoms with E-state index in [0.29, 0.717) is 23.9 Å². The van der Waals surface area contributed by atoms with Crippen LogP contribution in [0.25, 0.3) is 0 Å². The highest BCUT2D eigenvalue weighted by Gasteiger charge is 2.41. The van der Waals surface area contributed by atoms with E-state index in [2.05, 4.69) is 0 Å². The minimum Gasteiger partial charge on any atom is -0.492 e. The molecular weight excluding hydrogens is 366 g/mol. The summed E-state index contributed by atoms with van der Waals surface area (Å²) in [6.45, 7) is 0.620. The number of benzene rings is 2. The minimum atomic E-state index is -4.05. The Morgan fingerprint density at radius 3 is 2.48 bits per heavy atom. The Hall–Kier alpha value is -2.29. The summed E-state index contributed by atoms with van der Waals surface area (Å²) in [4.78, 5) is 14.0. The molecule has 0 unspecified atom stereocenters. The van der Waals surface area contributed by atoms with Crippen molar-refractivity contribution in [2.45, 2.75) is 4.90 Å². The number of anilines is 2. The Balaban J connectivity index is 2.10. The van der Waals surface area contributed by atoms with Crippen molar-refractivity contribution in [1.82, 2.24) is 0 Å². The van der Waals surface area contributed by atoms with Crippen molar-refractivity contribution >= 4 is 39.0 Å². The summed E-state index contributed by atoms with van der Waals surface area (Å²) in [6.07, 6.45) is 0. The van der Waals surface area contributed by atoms with Gasteiger partial charge >= 0.3 is 6.03 Å². The average Bonchev–Trinajstić information content (AvgIpc) is 2.59. The quantitative estimate of drug-likeness (QED) is 0.878. The Morgan fingerprint density at radius 1 is 1.16 bits per heavy atom. The van der Waals surface area contributed by atoms with Crippen LogP contribution in [0.5, 0.6) is 5.75 Å². The number of urea groups is 1. The van der Waals surface area contributed by atoms with Crippen molar-refractivity contribution in [1.29, 1.82) is 0 Å². The Morgan fingerprint density at radius 2 is 1.84 bits per heavy atom. The topological polar surface area (TPSA) is 92.9 Å². The van der Waals surface area contributed by atoms with Gasteiger partial charge in [-0.1, -0.05) is 11.6 Å². The highest BCUT2D eigenvalue weighted by Crippen LogP contribution is 2.38. The molecule has 1 aliphatic rings. The molecule has 0 atom stereocenters. The van der Waals surface area contributed by atoms with Crippen LogP contribution in [0.15, 0.2) is 47.4 Å². The van der Waals surface area contributed by atoms with Crippen LogP contribution in [0.4, 0.5) is 16.2 Å². The lowest BCUT2D eigenvalue weighted by atomic mass is 10.2. The van der Waals surface area contributed by atoms with Gasteiger partial charge in [0.25, 0.3) is 10.0 Å². The monoisotopic (exact) mass is 381 g/mol. The van der Waals surface area contributed by atoms with Gasteiger partial charge in [-0.2, -0.15) is 4.31 Å². The zero-order valence-corrected chi connectivity index (χ0v) is 14.9. The number of hydrogen-bond acceptors (Lipinski definition) is 5. The lowest BCUT2D eigenvalue weighted by Crippen LogP contribution is -2.49. The summed E-state index contributed by atoms with van der Waals surface area (Å²) in [7, 11) is -2.54. The number of nitrogens with zero attached hydrogens (tertiary/aromatic N) is 2. The van der Waals surface area contributed by atoms with Crippen molar-refractivity contribution in [2.75, 3.05) is 29.4 Å². The number of carbonyl (C=O) groups excluding carboxylic acids is 1. The molecule has 2 amide bonds. The molecule has 2 N–H and O–H groups in total. The number of fused-ring (bicyclic) bond motifs is 1. The van der Waals surface area contributed by atoms with Crippen LogP contribution in [-0.4, -0.2) is 34.6 Å². The number of ether oxygens (including phenoxy) is 1. The van der Waals surface area contributed by atoms with Gasteiger partial charge in [0.1, 0.15) is 17.3 Å². The number of nitrogens with two attached hydrogens (primary N) is 1. The molecule has 7 nitrogen and oxygen atoms in total. The molecule has 0 aromatic heterocycles. The molecule has 9 heteroatoms. The summed E-state index contributed by atoms with van der Waals surface area (Å²) in [5, 5.41) is 0.445. The van der Waals surface area contributed by atoms with Crippen LogP contribution >= 0.6 is 11.6 Å². The first-order valence-corrected chi connectivity index (χ1v) is 9.23. The standard InChI is InChI=1S/C16H16ClN3O4S/c1-19-14-10-13(24-9-8-18)6-7-15(14)25(22,23)20(16(19)21)12-4-2-11(17)3-5-12/h2-7,10H,8-9,18H2,1H3. The Labute approximate surface area is 150 Å². The molecule has 3 rings (SSSR count). The molecular formula is C16H16ClN3O4S. The van der Waals surface area contributed by atoms with Crippen molar-refractivity contribution < 1.29 is 17.9 Å². The highest BCUT2D eigenvalue weighted by atomic mass is 35.5. The first-order valence-electron chi connectivity index (χ1n) is 7.42. The fourth-order valence-corrected chi connectivity index (χ4v) is 4.26. The first kappa shape index (κ1) is 17.5. The first-order chi connectivity index (χ1) is 11.9. The van der Waals surface area contributed by atoms with Gasteiger partial charge in [0.15, 0.2) is 0 Å². The summed E-state index contributed by atoms with van der Waals surface area (Å²) >= 11 is 5.84. The summed E-state index contributed by atoms with van der Waals surface area (Å²) in [5.41, 5.74) is 5.87. The normalized spacial score (nSPS) is 15.9. The molecule has 0 saturated heterocycles. The maximum absolute atomic E-state index is 13.0. The van der Waals surface area contributed by atoms with E-state index >= 15 is 0 Å². The number of sulfonamides is 1. The second kappa shape index (κ2) is 6.55. The van der Waals surface area contributed by atoms with E-state index in [1.807, 2.05) is 0 Å². The Kier molecular flexibility index (Phi) is 4.59. The van der Waals surface area contributed by atoms with E-state index in [1.165, 1.54) is 54.4 Å². The van der Waals surface area contributed by atoms with Gasteiger partial charge in [-0.15, -0.1) is 0 Å². The van der Waals surface area contributed by atoms with Gasteiger partial charge in [0.05, 0.1) is 11.4 Å². The number of hydrogen-bond donors (Lipinski definition) is 1. The SMILES string of the molecule is CN1C(=O)N(c2ccc(Cl)cc2)S(=O)(=O)c2ccc(OCCN)cc21. The van der Waals surface area contributed by atoms with Crippen LogP contribution in [0.1, 0.15) is 0 Å². The van der Waals surface area contributed by atoms with Crippen LogP contribution in [0.2, 0.25) is 5.02 Å². The van der Waals surface area contributed by atoms with Crippen molar-refractivity contribution in [3.8, 4) is 5.75 Å². The molecule has 0 aliphatic carbocycles. The van der Waals surface area contributed by atoms with Crippen LogP contribution in [-0.2, 0) is 10.0 Å². The largest absolute Gasteiger partial charge is 0.492 e. The fourth-order valence-electron chi connectivity index (χ4n) is 2.51. The zero-order chi connectivity index (χ0) is 18.2. The van der Waals surface area contributed by atoms with E-state index in [0.717, 1.165) is 4.31 Å². The van der Waals surface area contributed by atoms with Crippen molar-refractivity contribution in [2.24, 2.45) is 5.73 Å². The second-order valence-corrected chi connectivity index (χ2v) is 7.55. The lowest BCUT2D eigenvalue weighted by Gasteiger charge is -2.34. The van der Waals surface area contributed by atoms with Gasteiger partial charge in [-0.25, -0.2) is 13.2 Å². The van der Waals surface area contributed by atoms with Gasteiger partial charge in [-0.3, -0.25) is 4.90 Å². The van der Waals surface area contributed by atoms with E-state index in [1.54, 1.807) is 0 Å². The molecule has 0 bridgehead atoms. The van der Waals surface area contributed by atoms with Crippen LogP contribution < -0.4 is 19.7 Å². The molecule has 1 heterocycles. The van der Waals surface area contributed by atoms with E-state index in [9.17, 15) is 13.2 Å². The number of amides is 2. The minimum absolute atomic E-state index is 0.0182. The highest BCUT2D eigenvalue weighted by molar-refractivity contribution is 7.94. The predicted molar refractivity (Wildman–Crippen MR) is 95.9 cm³/mol. The lowest BCUT2D eigenvalue weighted by molar-refractivity contribution is 0.255. The van der Waals surface area contributed by atoms with Crippen molar-refractivity contribution in [3.63, 3.8) is 0 Å². The smallest absolute Gasteiger partial charge is 0.342 e. The molecule has 0 saturated carbocycles. The second-order valence-electron chi connectivity index (χ2n) is 5.35. The molecule has 2 aromatic carbocycles. The number of rotatable bonds is 4. The third-order valence-corrected chi connectivity index (χ3v) is 5.72. The van der Waals surface area contributed by atoms with Gasteiger partial charge < -0.3 is 10.5 Å². The average molecular weight is 382 g/mol. The van der Waals surface area contributed by atoms with E-state index < -0.39 is 16.1 Å². The van der Waals surface area contributed by atoms with Gasteiger partial charge in [0.2, 0.25) is 0 Å². The third-order valence-electron chi connectivity index (χ3n) is 3.72. The molecule has 0 radical (unpaired) electrons. The summed E-state index contributed by atoms with van der Waals surface area (Å²) < 4.78 is 32.1. The number of carbonyl (C=O) groups is 1. The van der Waals surface area contributed by atoms with Crippen molar-refractivity contribution in [3.05, 3.63) is 47.5 Å². The van der Waals surface area contributed by atoms with Crippen LogP contribution in [0, 0.1) is 0 Å². The molecule has 25 heavy (non-hydrogen) atoms. The van der Waals surface area contributed by atoms with E-state index in [4.69, 9.17) is 22.1 Å². The predicted octanol–water partition coefficient (Wildman–Crippen LogP) is 2.44. The molecule has 132 valence electrons. The molecule has 0 spiro atoms. The Bertz CT molecular complexity index is 915. The van der Waals surface area contributed by atoms with Gasteiger partial charge in [-0.05, 0) is 36.4 Å². The molecule has 0 fully saturated rings. The van der Waals surface area contributed by atoms with Crippen LogP contribution in [0.3, 0.4) is 0 Å². The van der Waals surface area contributed by atoms with Gasteiger partial charge in [0, 0.05) is 24.7 Å². The number of halogens is 1. The summed E-state index contributed by atoms with van der Waals surface area (Å²) in [6, 6.07) is 9.80. The zero-order valence-electron chi connectivity index (χ0n) is 13.3. The maximum Gasteiger partial charge on any atom is 0.342 e. The third kappa shape index (κ3) is 3.04. The fraction of sp³-hybridized carbons (Fsp3) is 0.188.